The Morgan fingerprint density at radius 1 is 1.10 bits per heavy atom. The van der Waals surface area contributed by atoms with Crippen molar-refractivity contribution in [3.05, 3.63) is 78.4 Å². The first-order chi connectivity index (χ1) is 14.2. The molecular formula is C21H20F3NO4S. The largest absolute Gasteiger partial charge is 0.467 e. The molecular weight excluding hydrogens is 419 g/mol. The summed E-state index contributed by atoms with van der Waals surface area (Å²) >= 11 is 0.409. The molecule has 9 heteroatoms. The first-order valence-corrected chi connectivity index (χ1v) is 9.47. The summed E-state index contributed by atoms with van der Waals surface area (Å²) in [5, 5.41) is 0. The van der Waals surface area contributed by atoms with E-state index in [0.717, 1.165) is 12.7 Å². The van der Waals surface area contributed by atoms with E-state index in [9.17, 15) is 22.8 Å². The van der Waals surface area contributed by atoms with Crippen LogP contribution in [0.2, 0.25) is 0 Å². The van der Waals surface area contributed by atoms with Crippen LogP contribution in [-0.4, -0.2) is 35.2 Å². The third-order valence-electron chi connectivity index (χ3n) is 4.13. The number of aryl methyl sites for hydroxylation is 1. The van der Waals surface area contributed by atoms with Gasteiger partial charge in [-0.1, -0.05) is 54.6 Å². The molecule has 0 saturated carbocycles. The van der Waals surface area contributed by atoms with E-state index in [1.54, 1.807) is 49.4 Å². The van der Waals surface area contributed by atoms with Gasteiger partial charge in [-0.05, 0) is 42.6 Å². The number of amides is 1. The minimum atomic E-state index is -5.22. The Morgan fingerprint density at radius 2 is 1.70 bits per heavy atom. The van der Waals surface area contributed by atoms with Crippen molar-refractivity contribution in [2.45, 2.75) is 30.1 Å². The number of rotatable bonds is 7. The Labute approximate surface area is 176 Å². The van der Waals surface area contributed by atoms with E-state index in [1.165, 1.54) is 12.1 Å². The van der Waals surface area contributed by atoms with Gasteiger partial charge in [-0.25, -0.2) is 13.9 Å². The van der Waals surface area contributed by atoms with Crippen LogP contribution in [0.4, 0.5) is 18.0 Å². The van der Waals surface area contributed by atoms with Crippen LogP contribution in [0.5, 0.6) is 0 Å². The normalized spacial score (nSPS) is 13.1. The van der Waals surface area contributed by atoms with Gasteiger partial charge in [0.05, 0.1) is 7.11 Å². The molecule has 160 valence electrons. The number of carbonyl (C=O) groups is 2. The number of carbonyl (C=O) groups excluding carboxylic acids is 2. The van der Waals surface area contributed by atoms with E-state index in [4.69, 9.17) is 4.74 Å². The molecule has 0 bridgehead atoms. The third-order valence-corrected chi connectivity index (χ3v) is 5.24. The van der Waals surface area contributed by atoms with E-state index in [2.05, 4.69) is 11.3 Å². The average Bonchev–Trinajstić information content (AvgIpc) is 2.73. The second kappa shape index (κ2) is 9.71. The maximum Gasteiger partial charge on any atom is 0.427 e. The monoisotopic (exact) mass is 439 g/mol. The number of methoxy groups -OCH3 is 1. The van der Waals surface area contributed by atoms with Gasteiger partial charge in [0.2, 0.25) is 0 Å². The highest BCUT2D eigenvalue weighted by Crippen LogP contribution is 2.43. The maximum absolute atomic E-state index is 14.1. The fraction of sp³-hybridized carbons (Fsp3) is 0.238. The van der Waals surface area contributed by atoms with E-state index in [0.29, 0.717) is 23.6 Å². The van der Waals surface area contributed by atoms with Crippen molar-refractivity contribution in [2.24, 2.45) is 0 Å². The molecule has 1 atom stereocenters. The number of esters is 1. The highest BCUT2D eigenvalue weighted by atomic mass is 32.2. The molecule has 0 heterocycles. The zero-order valence-electron chi connectivity index (χ0n) is 16.3. The second-order valence-electron chi connectivity index (χ2n) is 6.20. The molecule has 0 fully saturated rings. The van der Waals surface area contributed by atoms with Gasteiger partial charge >= 0.3 is 18.2 Å². The molecule has 1 unspecified atom stereocenters. The van der Waals surface area contributed by atoms with Crippen LogP contribution in [0, 0.1) is 6.92 Å². The van der Waals surface area contributed by atoms with Crippen molar-refractivity contribution in [3.8, 4) is 0 Å². The first kappa shape index (κ1) is 23.3. The summed E-state index contributed by atoms with van der Waals surface area (Å²) in [4.78, 5) is 25.4. The SMILES string of the molecule is C=CC(C(=O)OC)(N(Sc1ccc(C)cc1)C(=O)OCc1ccccc1)C(F)(F)F. The van der Waals surface area contributed by atoms with Crippen molar-refractivity contribution < 1.29 is 32.2 Å². The number of nitrogens with zero attached hydrogens (tertiary/aromatic N) is 1. The Bertz CT molecular complexity index is 887. The molecule has 2 aromatic rings. The molecule has 0 spiro atoms. The van der Waals surface area contributed by atoms with Crippen LogP contribution in [0.25, 0.3) is 0 Å². The molecule has 2 rings (SSSR count). The van der Waals surface area contributed by atoms with E-state index in [-0.39, 0.29) is 15.8 Å². The predicted molar refractivity (Wildman–Crippen MR) is 107 cm³/mol. The molecule has 0 aliphatic carbocycles. The van der Waals surface area contributed by atoms with E-state index < -0.39 is 23.8 Å². The van der Waals surface area contributed by atoms with Gasteiger partial charge < -0.3 is 9.47 Å². The Kier molecular flexibility index (Phi) is 7.55. The first-order valence-electron chi connectivity index (χ1n) is 8.70. The lowest BCUT2D eigenvalue weighted by Crippen LogP contribution is -2.62. The van der Waals surface area contributed by atoms with Gasteiger partial charge in [0, 0.05) is 4.90 Å². The van der Waals surface area contributed by atoms with Crippen molar-refractivity contribution >= 4 is 24.0 Å². The third kappa shape index (κ3) is 4.96. The zero-order chi connectivity index (χ0) is 22.4. The Balaban J connectivity index is 2.46. The van der Waals surface area contributed by atoms with Crippen LogP contribution in [-0.2, 0) is 20.9 Å². The molecule has 0 aliphatic rings. The quantitative estimate of drug-likeness (QED) is 0.333. The van der Waals surface area contributed by atoms with E-state index >= 15 is 0 Å². The summed E-state index contributed by atoms with van der Waals surface area (Å²) in [6.07, 6.45) is -6.25. The average molecular weight is 439 g/mol. The predicted octanol–water partition coefficient (Wildman–Crippen LogP) is 5.30. The summed E-state index contributed by atoms with van der Waals surface area (Å²) in [7, 11) is 0.802. The van der Waals surface area contributed by atoms with Crippen molar-refractivity contribution in [1.82, 2.24) is 4.31 Å². The summed E-state index contributed by atoms with van der Waals surface area (Å²) < 4.78 is 52.0. The number of halogens is 3. The molecule has 0 radical (unpaired) electrons. The van der Waals surface area contributed by atoms with Crippen LogP contribution < -0.4 is 0 Å². The zero-order valence-corrected chi connectivity index (χ0v) is 17.1. The van der Waals surface area contributed by atoms with Gasteiger partial charge in [0.15, 0.2) is 0 Å². The lowest BCUT2D eigenvalue weighted by molar-refractivity contribution is -0.210. The molecule has 0 N–H and O–H groups in total. The van der Waals surface area contributed by atoms with Crippen molar-refractivity contribution in [1.29, 1.82) is 0 Å². The summed E-state index contributed by atoms with van der Waals surface area (Å²) in [5.74, 6) is -1.71. The van der Waals surface area contributed by atoms with Crippen LogP contribution in [0.1, 0.15) is 11.1 Å². The number of benzene rings is 2. The molecule has 2 aromatic carbocycles. The fourth-order valence-corrected chi connectivity index (χ4v) is 3.48. The van der Waals surface area contributed by atoms with Gasteiger partial charge in [0.1, 0.15) is 6.61 Å². The molecule has 5 nitrogen and oxygen atoms in total. The highest BCUT2D eigenvalue weighted by molar-refractivity contribution is 7.97. The highest BCUT2D eigenvalue weighted by Gasteiger charge is 2.66. The summed E-state index contributed by atoms with van der Waals surface area (Å²) in [6.45, 7) is 4.69. The van der Waals surface area contributed by atoms with E-state index in [1.807, 2.05) is 0 Å². The van der Waals surface area contributed by atoms with Crippen molar-refractivity contribution in [2.75, 3.05) is 7.11 Å². The fourth-order valence-electron chi connectivity index (χ4n) is 2.49. The smallest absolute Gasteiger partial charge is 0.427 e. The van der Waals surface area contributed by atoms with Gasteiger partial charge in [-0.2, -0.15) is 13.2 Å². The standard InChI is InChI=1S/C21H20F3NO4S/c1-4-20(18(26)28-3,21(22,23)24)25(30-17-12-10-15(2)11-13-17)19(27)29-14-16-8-6-5-7-9-16/h4-13H,1,14H2,2-3H3. The van der Waals surface area contributed by atoms with Crippen LogP contribution >= 0.6 is 11.9 Å². The molecule has 0 aromatic heterocycles. The Hall–Kier alpha value is -2.94. The molecule has 0 aliphatic heterocycles. The molecule has 0 saturated heterocycles. The van der Waals surface area contributed by atoms with Gasteiger partial charge in [-0.15, -0.1) is 0 Å². The van der Waals surface area contributed by atoms with Crippen molar-refractivity contribution in [3.63, 3.8) is 0 Å². The van der Waals surface area contributed by atoms with Crippen LogP contribution in [0.15, 0.2) is 72.1 Å². The second-order valence-corrected chi connectivity index (χ2v) is 7.22. The minimum absolute atomic E-state index is 0.208. The lowest BCUT2D eigenvalue weighted by Gasteiger charge is -2.38. The number of hydrogen-bond acceptors (Lipinski definition) is 5. The number of hydrogen-bond donors (Lipinski definition) is 0. The summed E-state index contributed by atoms with van der Waals surface area (Å²) in [6, 6.07) is 14.8. The number of alkyl halides is 3. The lowest BCUT2D eigenvalue weighted by atomic mass is 9.99. The summed E-state index contributed by atoms with van der Waals surface area (Å²) in [5.41, 5.74) is -2.01. The Morgan fingerprint density at radius 3 is 2.20 bits per heavy atom. The maximum atomic E-state index is 14.1. The van der Waals surface area contributed by atoms with Gasteiger partial charge in [-0.3, -0.25) is 0 Å². The molecule has 30 heavy (non-hydrogen) atoms. The topological polar surface area (TPSA) is 55.8 Å². The van der Waals surface area contributed by atoms with Gasteiger partial charge in [0.25, 0.3) is 5.54 Å². The van der Waals surface area contributed by atoms with Crippen LogP contribution in [0.3, 0.4) is 0 Å². The molecule has 1 amide bonds. The minimum Gasteiger partial charge on any atom is -0.467 e. The number of ether oxygens (including phenoxy) is 2.